The fraction of sp³-hybridized carbons (Fsp3) is 0.0400. The zero-order valence-electron chi connectivity index (χ0n) is 17.2. The molecule has 1 aromatic heterocycles. The Balaban J connectivity index is 1.78. The summed E-state index contributed by atoms with van der Waals surface area (Å²) in [5.74, 6) is -1.34. The van der Waals surface area contributed by atoms with Crippen molar-refractivity contribution in [3.8, 4) is 0 Å². The maximum absolute atomic E-state index is 13.1. The van der Waals surface area contributed by atoms with Gasteiger partial charge in [0.05, 0.1) is 29.4 Å². The quantitative estimate of drug-likeness (QED) is 0.355. The molecule has 3 N–H and O–H groups in total. The molecule has 3 aromatic carbocycles. The molecule has 32 heavy (non-hydrogen) atoms. The number of benzene rings is 3. The standard InChI is InChI=1S/C25H19N3O4/c1-32-25(31)16-9-7-15(8-10-16)23(29)17-11-12-21-19(13-17)22(20(14-27-21)24(26)30)28-18-5-3-2-4-6-18/h2-14H,1H3,(H2,26,30)(H,27,28). The number of hydrogen-bond acceptors (Lipinski definition) is 6. The first-order valence-corrected chi connectivity index (χ1v) is 9.75. The van der Waals surface area contributed by atoms with E-state index in [1.807, 2.05) is 30.3 Å². The molecule has 0 spiro atoms. The van der Waals surface area contributed by atoms with Gasteiger partial charge >= 0.3 is 5.97 Å². The Morgan fingerprint density at radius 3 is 2.19 bits per heavy atom. The lowest BCUT2D eigenvalue weighted by atomic mass is 9.99. The number of ketones is 1. The second-order valence-corrected chi connectivity index (χ2v) is 7.03. The first-order valence-electron chi connectivity index (χ1n) is 9.75. The van der Waals surface area contributed by atoms with Crippen molar-refractivity contribution in [2.75, 3.05) is 12.4 Å². The Kier molecular flexibility index (Phi) is 5.63. The number of rotatable bonds is 6. The summed E-state index contributed by atoms with van der Waals surface area (Å²) < 4.78 is 4.69. The highest BCUT2D eigenvalue weighted by Gasteiger charge is 2.17. The lowest BCUT2D eigenvalue weighted by molar-refractivity contribution is 0.0600. The van der Waals surface area contributed by atoms with E-state index < -0.39 is 11.9 Å². The van der Waals surface area contributed by atoms with Gasteiger partial charge in [0.1, 0.15) is 0 Å². The van der Waals surface area contributed by atoms with Crippen LogP contribution in [0.1, 0.15) is 36.6 Å². The van der Waals surface area contributed by atoms with Crippen molar-refractivity contribution in [1.29, 1.82) is 0 Å². The largest absolute Gasteiger partial charge is 0.465 e. The third-order valence-corrected chi connectivity index (χ3v) is 5.01. The third kappa shape index (κ3) is 4.04. The van der Waals surface area contributed by atoms with E-state index in [1.54, 1.807) is 30.3 Å². The van der Waals surface area contributed by atoms with Crippen molar-refractivity contribution in [2.24, 2.45) is 5.73 Å². The Morgan fingerprint density at radius 1 is 0.875 bits per heavy atom. The van der Waals surface area contributed by atoms with E-state index in [9.17, 15) is 14.4 Å². The zero-order valence-corrected chi connectivity index (χ0v) is 17.2. The van der Waals surface area contributed by atoms with Crippen LogP contribution in [0.15, 0.2) is 79.0 Å². The van der Waals surface area contributed by atoms with Gasteiger partial charge in [0, 0.05) is 28.4 Å². The van der Waals surface area contributed by atoms with Gasteiger partial charge in [0.15, 0.2) is 5.78 Å². The molecule has 7 heteroatoms. The monoisotopic (exact) mass is 425 g/mol. The number of esters is 1. The highest BCUT2D eigenvalue weighted by atomic mass is 16.5. The predicted molar refractivity (Wildman–Crippen MR) is 121 cm³/mol. The molecule has 0 bridgehead atoms. The molecule has 0 atom stereocenters. The molecule has 0 aliphatic carbocycles. The number of carbonyl (C=O) groups excluding carboxylic acids is 3. The van der Waals surface area contributed by atoms with Crippen molar-refractivity contribution in [3.05, 3.63) is 101 Å². The zero-order chi connectivity index (χ0) is 22.7. The fourth-order valence-corrected chi connectivity index (χ4v) is 3.36. The lowest BCUT2D eigenvalue weighted by Gasteiger charge is -2.14. The number of hydrogen-bond donors (Lipinski definition) is 2. The molecule has 1 amide bonds. The first-order chi connectivity index (χ1) is 15.5. The molecule has 1 heterocycles. The van der Waals surface area contributed by atoms with Crippen LogP contribution in [0.4, 0.5) is 11.4 Å². The van der Waals surface area contributed by atoms with Gasteiger partial charge in [-0.2, -0.15) is 0 Å². The Labute approximate surface area is 183 Å². The number of nitrogens with two attached hydrogens (primary N) is 1. The van der Waals surface area contributed by atoms with Gasteiger partial charge in [-0.1, -0.05) is 30.3 Å². The highest BCUT2D eigenvalue weighted by Crippen LogP contribution is 2.30. The third-order valence-electron chi connectivity index (χ3n) is 5.01. The fourth-order valence-electron chi connectivity index (χ4n) is 3.36. The van der Waals surface area contributed by atoms with Gasteiger partial charge in [-0.15, -0.1) is 0 Å². The molecule has 7 nitrogen and oxygen atoms in total. The van der Waals surface area contributed by atoms with Crippen LogP contribution in [0, 0.1) is 0 Å². The number of amides is 1. The normalized spacial score (nSPS) is 10.5. The van der Waals surface area contributed by atoms with Crippen LogP contribution in [-0.2, 0) is 4.74 Å². The maximum Gasteiger partial charge on any atom is 0.337 e. The number of para-hydroxylation sites is 1. The average Bonchev–Trinajstić information content (AvgIpc) is 2.83. The number of methoxy groups -OCH3 is 1. The van der Waals surface area contributed by atoms with E-state index in [0.29, 0.717) is 33.3 Å². The SMILES string of the molecule is COC(=O)c1ccc(C(=O)c2ccc3ncc(C(N)=O)c(Nc4ccccc4)c3c2)cc1. The minimum absolute atomic E-state index is 0.216. The van der Waals surface area contributed by atoms with Crippen molar-refractivity contribution >= 4 is 39.9 Å². The topological polar surface area (TPSA) is 111 Å². The molecule has 0 radical (unpaired) electrons. The molecule has 4 rings (SSSR count). The molecule has 0 aliphatic heterocycles. The molecule has 0 fully saturated rings. The summed E-state index contributed by atoms with van der Waals surface area (Å²) in [6.45, 7) is 0. The molecule has 0 saturated heterocycles. The number of ether oxygens (including phenoxy) is 1. The summed E-state index contributed by atoms with van der Waals surface area (Å²) in [5, 5.41) is 3.81. The van der Waals surface area contributed by atoms with Gasteiger partial charge in [0.2, 0.25) is 0 Å². The van der Waals surface area contributed by atoms with Crippen LogP contribution in [0.3, 0.4) is 0 Å². The van der Waals surface area contributed by atoms with Gasteiger partial charge < -0.3 is 15.8 Å². The van der Waals surface area contributed by atoms with Crippen molar-refractivity contribution in [2.45, 2.75) is 0 Å². The summed E-state index contributed by atoms with van der Waals surface area (Å²) in [7, 11) is 1.30. The van der Waals surface area contributed by atoms with E-state index >= 15 is 0 Å². The van der Waals surface area contributed by atoms with E-state index in [4.69, 9.17) is 5.73 Å². The van der Waals surface area contributed by atoms with Crippen LogP contribution in [0.25, 0.3) is 10.9 Å². The van der Waals surface area contributed by atoms with Crippen LogP contribution in [-0.4, -0.2) is 29.8 Å². The summed E-state index contributed by atoms with van der Waals surface area (Å²) in [5.41, 5.74) is 8.80. The Hall–Kier alpha value is -4.52. The van der Waals surface area contributed by atoms with E-state index in [1.165, 1.54) is 25.4 Å². The minimum atomic E-state index is -0.632. The average molecular weight is 425 g/mol. The second-order valence-electron chi connectivity index (χ2n) is 7.03. The van der Waals surface area contributed by atoms with E-state index in [2.05, 4.69) is 15.0 Å². The number of carbonyl (C=O) groups is 3. The second kappa shape index (κ2) is 8.69. The maximum atomic E-state index is 13.1. The smallest absolute Gasteiger partial charge is 0.337 e. The van der Waals surface area contributed by atoms with Crippen molar-refractivity contribution in [1.82, 2.24) is 4.98 Å². The van der Waals surface area contributed by atoms with Gasteiger partial charge in [-0.3, -0.25) is 14.6 Å². The molecule has 4 aromatic rings. The van der Waals surface area contributed by atoms with E-state index in [0.717, 1.165) is 5.69 Å². The summed E-state index contributed by atoms with van der Waals surface area (Å²) in [4.78, 5) is 41.1. The summed E-state index contributed by atoms with van der Waals surface area (Å²) in [6, 6.07) is 20.6. The summed E-state index contributed by atoms with van der Waals surface area (Å²) in [6.07, 6.45) is 1.42. The Morgan fingerprint density at radius 2 is 1.53 bits per heavy atom. The molecular weight excluding hydrogens is 406 g/mol. The number of anilines is 2. The van der Waals surface area contributed by atoms with Crippen molar-refractivity contribution < 1.29 is 19.1 Å². The van der Waals surface area contributed by atoms with Gasteiger partial charge in [-0.05, 0) is 42.5 Å². The number of pyridine rings is 1. The van der Waals surface area contributed by atoms with Crippen LogP contribution >= 0.6 is 0 Å². The molecule has 0 saturated carbocycles. The number of aromatic nitrogens is 1. The number of primary amides is 1. The molecule has 0 unspecified atom stereocenters. The molecular formula is C25H19N3O4. The lowest BCUT2D eigenvalue weighted by Crippen LogP contribution is -2.14. The van der Waals surface area contributed by atoms with Crippen LogP contribution in [0.5, 0.6) is 0 Å². The number of nitrogens with one attached hydrogen (secondary N) is 1. The molecule has 0 aliphatic rings. The van der Waals surface area contributed by atoms with Gasteiger partial charge in [0.25, 0.3) is 5.91 Å². The van der Waals surface area contributed by atoms with Crippen molar-refractivity contribution in [3.63, 3.8) is 0 Å². The van der Waals surface area contributed by atoms with Crippen LogP contribution < -0.4 is 11.1 Å². The summed E-state index contributed by atoms with van der Waals surface area (Å²) >= 11 is 0. The van der Waals surface area contributed by atoms with E-state index in [-0.39, 0.29) is 11.3 Å². The Bertz CT molecular complexity index is 1330. The highest BCUT2D eigenvalue weighted by molar-refractivity contribution is 6.13. The predicted octanol–water partition coefficient (Wildman–Crippen LogP) is 4.09. The first kappa shape index (κ1) is 20.7. The van der Waals surface area contributed by atoms with Crippen LogP contribution in [0.2, 0.25) is 0 Å². The minimum Gasteiger partial charge on any atom is -0.465 e. The molecule has 158 valence electrons. The number of fused-ring (bicyclic) bond motifs is 1. The number of nitrogens with zero attached hydrogens (tertiary/aromatic N) is 1. The van der Waals surface area contributed by atoms with Gasteiger partial charge in [-0.25, -0.2) is 4.79 Å².